The molecular weight excluding hydrogens is 503 g/mol. The molecule has 4 rings (SSSR count). The molecule has 0 aromatic heterocycles. The molecule has 29 heavy (non-hydrogen) atoms. The topological polar surface area (TPSA) is 0 Å². The van der Waals surface area contributed by atoms with Crippen LogP contribution in [0.15, 0.2) is 120 Å². The van der Waals surface area contributed by atoms with Crippen molar-refractivity contribution in [3.63, 3.8) is 0 Å². The molecule has 0 radical (unpaired) electrons. The first-order valence-electron chi connectivity index (χ1n) is 9.75. The summed E-state index contributed by atoms with van der Waals surface area (Å²) in [5.41, 5.74) is 1.35. The fraction of sp³-hybridized carbons (Fsp3) is 0.0769. The molecule has 0 unspecified atom stereocenters. The number of hydrogen-bond donors (Lipinski definition) is 0. The van der Waals surface area contributed by atoms with Gasteiger partial charge in [0.1, 0.15) is 0 Å². The second-order valence-electron chi connectivity index (χ2n) is 7.29. The summed E-state index contributed by atoms with van der Waals surface area (Å²) in [5, 5.41) is 1.27. The van der Waals surface area contributed by atoms with Crippen LogP contribution in [0, 0.1) is 0 Å². The molecule has 0 aliphatic carbocycles. The Balaban J connectivity index is 1.95. The summed E-state index contributed by atoms with van der Waals surface area (Å²) in [7, 11) is 0. The van der Waals surface area contributed by atoms with Gasteiger partial charge in [0.25, 0.3) is 0 Å². The molecule has 0 aliphatic heterocycles. The standard InChI is InChI=1S/C26H23Br2P/c27-23-18-16-22(17-19-23)20-21-29(28,24-10-4-1-5-11-24,25-12-6-2-7-13-25)26-14-8-3-9-15-26/h1-19H,20-21H2. The van der Waals surface area contributed by atoms with Gasteiger partial charge in [-0.05, 0) is 0 Å². The average molecular weight is 526 g/mol. The fourth-order valence-electron chi connectivity index (χ4n) is 4.04. The summed E-state index contributed by atoms with van der Waals surface area (Å²) in [6, 6.07) is 41.7. The third-order valence-corrected chi connectivity index (χ3v) is 16.1. The van der Waals surface area contributed by atoms with Gasteiger partial charge in [-0.1, -0.05) is 0 Å². The van der Waals surface area contributed by atoms with E-state index < -0.39 is 5.31 Å². The van der Waals surface area contributed by atoms with Crippen molar-refractivity contribution in [1.29, 1.82) is 0 Å². The van der Waals surface area contributed by atoms with Gasteiger partial charge < -0.3 is 0 Å². The van der Waals surface area contributed by atoms with Crippen molar-refractivity contribution < 1.29 is 0 Å². The number of benzene rings is 4. The summed E-state index contributed by atoms with van der Waals surface area (Å²) < 4.78 is 1.12. The summed E-state index contributed by atoms with van der Waals surface area (Å²) in [6.07, 6.45) is 2.01. The zero-order valence-corrected chi connectivity index (χ0v) is 20.2. The molecule has 0 nitrogen and oxygen atoms in total. The zero-order valence-electron chi connectivity index (χ0n) is 16.1. The van der Waals surface area contributed by atoms with Gasteiger partial charge in [0.05, 0.1) is 0 Å². The first kappa shape index (κ1) is 20.5. The molecule has 0 N–H and O–H groups in total. The molecule has 0 fully saturated rings. The third-order valence-electron chi connectivity index (χ3n) is 5.62. The van der Waals surface area contributed by atoms with Crippen molar-refractivity contribution in [1.82, 2.24) is 0 Å². The minimum atomic E-state index is -2.83. The molecule has 146 valence electrons. The monoisotopic (exact) mass is 524 g/mol. The molecule has 3 heteroatoms. The molecule has 0 heterocycles. The normalized spacial score (nSPS) is 12.8. The van der Waals surface area contributed by atoms with Crippen LogP contribution in [0.1, 0.15) is 5.56 Å². The van der Waals surface area contributed by atoms with E-state index in [0.717, 1.165) is 17.1 Å². The van der Waals surface area contributed by atoms with Gasteiger partial charge in [-0.25, -0.2) is 0 Å². The Kier molecular flexibility index (Phi) is 6.06. The van der Waals surface area contributed by atoms with E-state index >= 15 is 0 Å². The van der Waals surface area contributed by atoms with E-state index in [-0.39, 0.29) is 0 Å². The molecule has 0 amide bonds. The van der Waals surface area contributed by atoms with Gasteiger partial charge in [-0.2, -0.15) is 0 Å². The summed E-state index contributed by atoms with van der Waals surface area (Å²) in [5.74, 6) is 0. The van der Waals surface area contributed by atoms with Crippen LogP contribution in [0.2, 0.25) is 0 Å². The van der Waals surface area contributed by atoms with Crippen LogP contribution in [-0.4, -0.2) is 6.16 Å². The van der Waals surface area contributed by atoms with Crippen LogP contribution < -0.4 is 15.9 Å². The van der Waals surface area contributed by atoms with E-state index in [9.17, 15) is 0 Å². The summed E-state index contributed by atoms with van der Waals surface area (Å²) >= 11 is 8.07. The zero-order chi connectivity index (χ0) is 20.2. The number of aryl methyl sites for hydroxylation is 1. The van der Waals surface area contributed by atoms with E-state index in [1.54, 1.807) is 0 Å². The molecular formula is C26H23Br2P. The van der Waals surface area contributed by atoms with Crippen LogP contribution in [0.3, 0.4) is 0 Å². The predicted octanol–water partition coefficient (Wildman–Crippen LogP) is 6.83. The number of halogens is 2. The molecule has 0 bridgehead atoms. The maximum absolute atomic E-state index is 4.51. The van der Waals surface area contributed by atoms with Crippen LogP contribution in [0.4, 0.5) is 0 Å². The van der Waals surface area contributed by atoms with Crippen molar-refractivity contribution in [3.8, 4) is 0 Å². The molecule has 0 atom stereocenters. The number of hydrogen-bond acceptors (Lipinski definition) is 0. The van der Waals surface area contributed by atoms with Gasteiger partial charge >= 0.3 is 191 Å². The first-order valence-corrected chi connectivity index (χ1v) is 15.0. The van der Waals surface area contributed by atoms with Crippen LogP contribution in [0.5, 0.6) is 0 Å². The van der Waals surface area contributed by atoms with Crippen LogP contribution in [-0.2, 0) is 6.42 Å². The van der Waals surface area contributed by atoms with Gasteiger partial charge in [-0.15, -0.1) is 0 Å². The number of rotatable bonds is 6. The molecule has 0 saturated heterocycles. The Hall–Kier alpha value is -1.73. The fourth-order valence-corrected chi connectivity index (χ4v) is 11.7. The van der Waals surface area contributed by atoms with Crippen molar-refractivity contribution in [3.05, 3.63) is 125 Å². The van der Waals surface area contributed by atoms with Crippen LogP contribution in [0.25, 0.3) is 0 Å². The van der Waals surface area contributed by atoms with Gasteiger partial charge in [0.2, 0.25) is 0 Å². The van der Waals surface area contributed by atoms with Gasteiger partial charge in [-0.3, -0.25) is 0 Å². The second-order valence-corrected chi connectivity index (χ2v) is 17.3. The van der Waals surface area contributed by atoms with Crippen molar-refractivity contribution in [2.45, 2.75) is 6.42 Å². The molecule has 0 spiro atoms. The third kappa shape index (κ3) is 3.87. The van der Waals surface area contributed by atoms with E-state index in [0.29, 0.717) is 0 Å². The molecule has 4 aromatic rings. The molecule has 0 saturated carbocycles. The SMILES string of the molecule is Brc1ccc(CCP(Br)(c2ccccc2)(c2ccccc2)c2ccccc2)cc1. The van der Waals surface area contributed by atoms with Gasteiger partial charge in [0, 0.05) is 0 Å². The van der Waals surface area contributed by atoms with Crippen molar-refractivity contribution >= 4 is 52.6 Å². The molecule has 0 aliphatic rings. The maximum atomic E-state index is 4.51. The minimum absolute atomic E-state index is 0.995. The van der Waals surface area contributed by atoms with Gasteiger partial charge in [0.15, 0.2) is 0 Å². The van der Waals surface area contributed by atoms with E-state index in [2.05, 4.69) is 147 Å². The summed E-state index contributed by atoms with van der Waals surface area (Å²) in [6.45, 7) is 0. The predicted molar refractivity (Wildman–Crippen MR) is 137 cm³/mol. The van der Waals surface area contributed by atoms with Crippen molar-refractivity contribution in [2.75, 3.05) is 6.16 Å². The first-order chi connectivity index (χ1) is 14.1. The van der Waals surface area contributed by atoms with Crippen molar-refractivity contribution in [2.24, 2.45) is 0 Å². The van der Waals surface area contributed by atoms with E-state index in [4.69, 9.17) is 0 Å². The van der Waals surface area contributed by atoms with Crippen LogP contribution >= 0.6 is 36.7 Å². The van der Waals surface area contributed by atoms with E-state index in [1.165, 1.54) is 21.5 Å². The van der Waals surface area contributed by atoms with E-state index in [1.807, 2.05) is 0 Å². The Morgan fingerprint density at radius 3 is 1.28 bits per heavy atom. The Labute approximate surface area is 189 Å². The summed E-state index contributed by atoms with van der Waals surface area (Å²) in [4.78, 5) is 0. The second kappa shape index (κ2) is 8.56. The molecule has 4 aromatic carbocycles. The Morgan fingerprint density at radius 2 is 0.897 bits per heavy atom. The quantitative estimate of drug-likeness (QED) is 0.242. The Bertz CT molecular complexity index is 963. The average Bonchev–Trinajstić information content (AvgIpc) is 2.80. The Morgan fingerprint density at radius 1 is 0.517 bits per heavy atom.